The number of hydrogen-bond donors (Lipinski definition) is 2. The van der Waals surface area contributed by atoms with Gasteiger partial charge in [-0.05, 0) is 13.3 Å². The number of nitrogens with one attached hydrogen (secondary N) is 1. The van der Waals surface area contributed by atoms with Crippen LogP contribution in [0.1, 0.15) is 26.7 Å². The molecule has 0 spiro atoms. The first kappa shape index (κ1) is 12.9. The molecule has 14 heavy (non-hydrogen) atoms. The second-order valence-electron chi connectivity index (χ2n) is 2.99. The maximum Gasteiger partial charge on any atom is 0.329 e. The molecule has 0 fully saturated rings. The van der Waals surface area contributed by atoms with Gasteiger partial charge in [-0.15, -0.1) is 0 Å². The van der Waals surface area contributed by atoms with Crippen LogP contribution in [0.25, 0.3) is 0 Å². The van der Waals surface area contributed by atoms with E-state index >= 15 is 0 Å². The van der Waals surface area contributed by atoms with Crippen LogP contribution in [0, 0.1) is 0 Å². The number of carbonyl (C=O) groups is 2. The average molecular weight is 203 g/mol. The third-order valence-electron chi connectivity index (χ3n) is 1.66. The highest BCUT2D eigenvalue weighted by Gasteiger charge is 2.13. The van der Waals surface area contributed by atoms with Gasteiger partial charge < -0.3 is 15.2 Å². The van der Waals surface area contributed by atoms with Crippen molar-refractivity contribution >= 4 is 11.9 Å². The van der Waals surface area contributed by atoms with Crippen molar-refractivity contribution in [3.05, 3.63) is 0 Å². The van der Waals surface area contributed by atoms with Crippen molar-refractivity contribution < 1.29 is 19.4 Å². The topological polar surface area (TPSA) is 75.6 Å². The lowest BCUT2D eigenvalue weighted by atomic mass is 10.3. The van der Waals surface area contributed by atoms with E-state index in [9.17, 15) is 9.59 Å². The highest BCUT2D eigenvalue weighted by molar-refractivity contribution is 5.80. The van der Waals surface area contributed by atoms with Crippen molar-refractivity contribution in [2.45, 2.75) is 32.8 Å². The molecule has 82 valence electrons. The smallest absolute Gasteiger partial charge is 0.329 e. The van der Waals surface area contributed by atoms with Crippen LogP contribution in [-0.4, -0.2) is 36.2 Å². The fourth-order valence-electron chi connectivity index (χ4n) is 0.804. The second-order valence-corrected chi connectivity index (χ2v) is 2.99. The molecule has 0 aliphatic carbocycles. The van der Waals surface area contributed by atoms with Gasteiger partial charge in [0, 0.05) is 6.54 Å². The number of amides is 1. The fourth-order valence-corrected chi connectivity index (χ4v) is 0.804. The van der Waals surface area contributed by atoms with E-state index in [0.29, 0.717) is 6.54 Å². The summed E-state index contributed by atoms with van der Waals surface area (Å²) in [5.74, 6) is -1.34. The summed E-state index contributed by atoms with van der Waals surface area (Å²) in [4.78, 5) is 21.3. The van der Waals surface area contributed by atoms with Crippen molar-refractivity contribution in [3.8, 4) is 0 Å². The van der Waals surface area contributed by atoms with Gasteiger partial charge in [0.25, 0.3) is 0 Å². The molecular formula is C9H17NO4. The molecule has 0 aliphatic rings. The Hall–Kier alpha value is -1.10. The lowest BCUT2D eigenvalue weighted by Crippen LogP contribution is -2.36. The summed E-state index contributed by atoms with van der Waals surface area (Å²) in [6.45, 7) is 3.72. The molecule has 0 radical (unpaired) electrons. The minimum atomic E-state index is -1.07. The summed E-state index contributed by atoms with van der Waals surface area (Å²) in [5.41, 5.74) is 0. The Labute approximate surface area is 83.4 Å². The Morgan fingerprint density at radius 2 is 2.14 bits per heavy atom. The van der Waals surface area contributed by atoms with Gasteiger partial charge >= 0.3 is 5.97 Å². The van der Waals surface area contributed by atoms with Gasteiger partial charge in [-0.2, -0.15) is 0 Å². The zero-order valence-corrected chi connectivity index (χ0v) is 8.58. The predicted molar refractivity (Wildman–Crippen MR) is 51.0 cm³/mol. The molecule has 0 bridgehead atoms. The Morgan fingerprint density at radius 1 is 1.50 bits per heavy atom. The normalized spacial score (nSPS) is 12.1. The first-order valence-electron chi connectivity index (χ1n) is 4.69. The molecule has 1 amide bonds. The van der Waals surface area contributed by atoms with E-state index < -0.39 is 18.7 Å². The van der Waals surface area contributed by atoms with Crippen LogP contribution in [0.15, 0.2) is 0 Å². The van der Waals surface area contributed by atoms with Gasteiger partial charge in [0.2, 0.25) is 5.91 Å². The highest BCUT2D eigenvalue weighted by Crippen LogP contribution is 1.91. The van der Waals surface area contributed by atoms with Crippen LogP contribution in [0.4, 0.5) is 0 Å². The van der Waals surface area contributed by atoms with Crippen LogP contribution in [0.2, 0.25) is 0 Å². The lowest BCUT2D eigenvalue weighted by molar-refractivity contribution is -0.147. The number of carbonyl (C=O) groups excluding carboxylic acids is 1. The molecule has 5 nitrogen and oxygen atoms in total. The van der Waals surface area contributed by atoms with Gasteiger partial charge in [0.15, 0.2) is 0 Å². The van der Waals surface area contributed by atoms with Gasteiger partial charge in [0.1, 0.15) is 12.7 Å². The Balaban J connectivity index is 3.59. The van der Waals surface area contributed by atoms with E-state index in [1.54, 1.807) is 0 Å². The number of aliphatic carboxylic acids is 1. The van der Waals surface area contributed by atoms with E-state index in [4.69, 9.17) is 9.84 Å². The maximum atomic E-state index is 11.2. The molecular weight excluding hydrogens is 186 g/mol. The van der Waals surface area contributed by atoms with E-state index in [0.717, 1.165) is 12.8 Å². The van der Waals surface area contributed by atoms with Crippen molar-refractivity contribution in [1.82, 2.24) is 5.32 Å². The minimum absolute atomic E-state index is 0.264. The molecule has 0 heterocycles. The molecule has 2 N–H and O–H groups in total. The Morgan fingerprint density at radius 3 is 2.64 bits per heavy atom. The second kappa shape index (κ2) is 7.32. The van der Waals surface area contributed by atoms with E-state index in [1.165, 1.54) is 6.92 Å². The molecule has 0 aromatic rings. The molecule has 0 aromatic carbocycles. The Kier molecular flexibility index (Phi) is 6.74. The molecule has 0 rings (SSSR count). The zero-order valence-electron chi connectivity index (χ0n) is 8.58. The van der Waals surface area contributed by atoms with Crippen LogP contribution in [0.5, 0.6) is 0 Å². The van der Waals surface area contributed by atoms with E-state index in [1.807, 2.05) is 6.92 Å². The monoisotopic (exact) mass is 203 g/mol. The zero-order chi connectivity index (χ0) is 11.0. The van der Waals surface area contributed by atoms with Crippen LogP contribution in [0.3, 0.4) is 0 Å². The van der Waals surface area contributed by atoms with Gasteiger partial charge in [-0.1, -0.05) is 13.3 Å². The highest BCUT2D eigenvalue weighted by atomic mass is 16.5. The van der Waals surface area contributed by atoms with Crippen LogP contribution in [-0.2, 0) is 14.3 Å². The SMILES string of the molecule is CCCCNC(=O)C(C)OCC(=O)O. The molecule has 1 atom stereocenters. The third kappa shape index (κ3) is 6.42. The van der Waals surface area contributed by atoms with E-state index in [-0.39, 0.29) is 5.91 Å². The molecule has 1 unspecified atom stereocenters. The summed E-state index contributed by atoms with van der Waals surface area (Å²) in [7, 11) is 0. The number of ether oxygens (including phenoxy) is 1. The quantitative estimate of drug-likeness (QED) is 0.587. The third-order valence-corrected chi connectivity index (χ3v) is 1.66. The van der Waals surface area contributed by atoms with Crippen LogP contribution >= 0.6 is 0 Å². The number of carboxylic acid groups (broad SMARTS) is 1. The first-order chi connectivity index (χ1) is 6.57. The standard InChI is InChI=1S/C9H17NO4/c1-3-4-5-10-9(13)7(2)14-6-8(11)12/h7H,3-6H2,1-2H3,(H,10,13)(H,11,12). The van der Waals surface area contributed by atoms with Crippen molar-refractivity contribution in [2.75, 3.05) is 13.2 Å². The predicted octanol–water partition coefficient (Wildman–Crippen LogP) is 0.392. The summed E-state index contributed by atoms with van der Waals surface area (Å²) in [5, 5.41) is 11.0. The molecule has 0 aliphatic heterocycles. The number of carboxylic acids is 1. The molecule has 0 saturated heterocycles. The van der Waals surface area contributed by atoms with Crippen molar-refractivity contribution in [3.63, 3.8) is 0 Å². The number of unbranched alkanes of at least 4 members (excludes halogenated alkanes) is 1. The average Bonchev–Trinajstić information content (AvgIpc) is 2.14. The maximum absolute atomic E-state index is 11.2. The number of rotatable bonds is 7. The molecule has 0 saturated carbocycles. The molecule has 0 aromatic heterocycles. The summed E-state index contributed by atoms with van der Waals surface area (Å²) < 4.78 is 4.78. The lowest BCUT2D eigenvalue weighted by Gasteiger charge is -2.11. The minimum Gasteiger partial charge on any atom is -0.480 e. The summed E-state index contributed by atoms with van der Waals surface area (Å²) in [6.07, 6.45) is 1.21. The van der Waals surface area contributed by atoms with Crippen molar-refractivity contribution in [1.29, 1.82) is 0 Å². The van der Waals surface area contributed by atoms with Gasteiger partial charge in [0.05, 0.1) is 0 Å². The first-order valence-corrected chi connectivity index (χ1v) is 4.69. The van der Waals surface area contributed by atoms with Gasteiger partial charge in [-0.25, -0.2) is 4.79 Å². The van der Waals surface area contributed by atoms with Gasteiger partial charge in [-0.3, -0.25) is 4.79 Å². The molecule has 5 heteroatoms. The Bertz CT molecular complexity index is 193. The number of hydrogen-bond acceptors (Lipinski definition) is 3. The summed E-state index contributed by atoms with van der Waals surface area (Å²) >= 11 is 0. The largest absolute Gasteiger partial charge is 0.480 e. The summed E-state index contributed by atoms with van der Waals surface area (Å²) in [6, 6.07) is 0. The van der Waals surface area contributed by atoms with Crippen molar-refractivity contribution in [2.24, 2.45) is 0 Å². The fraction of sp³-hybridized carbons (Fsp3) is 0.778. The van der Waals surface area contributed by atoms with E-state index in [2.05, 4.69) is 5.32 Å². The van der Waals surface area contributed by atoms with Crippen LogP contribution < -0.4 is 5.32 Å².